The number of nitrogens with one attached hydrogen (secondary N) is 1. The van der Waals surface area contributed by atoms with E-state index in [0.717, 1.165) is 0 Å². The van der Waals surface area contributed by atoms with Crippen LogP contribution < -0.4 is 5.56 Å². The average Bonchev–Trinajstić information content (AvgIpc) is 3.26. The van der Waals surface area contributed by atoms with Crippen LogP contribution in [0.25, 0.3) is 11.2 Å². The second-order valence-electron chi connectivity index (χ2n) is 6.87. The van der Waals surface area contributed by atoms with Crippen LogP contribution in [0.1, 0.15) is 39.8 Å². The largest absolute Gasteiger partial charge is 0.462 e. The molecule has 0 spiro atoms. The lowest BCUT2D eigenvalue weighted by Gasteiger charge is -2.19. The summed E-state index contributed by atoms with van der Waals surface area (Å²) in [5.41, 5.74) is 0.0370. The van der Waals surface area contributed by atoms with Gasteiger partial charge in [-0.2, -0.15) is 4.89 Å². The number of esters is 1. The van der Waals surface area contributed by atoms with Crippen molar-refractivity contribution in [3.05, 3.63) is 23.0 Å². The minimum atomic E-state index is -0.801. The second-order valence-corrected chi connectivity index (χ2v) is 6.87. The molecule has 3 heterocycles. The molecule has 0 bridgehead atoms. The van der Waals surface area contributed by atoms with Gasteiger partial charge < -0.3 is 14.5 Å². The van der Waals surface area contributed by atoms with Crippen LogP contribution >= 0.6 is 0 Å². The van der Waals surface area contributed by atoms with E-state index in [1.54, 1.807) is 18.4 Å². The van der Waals surface area contributed by atoms with E-state index in [-0.39, 0.29) is 30.7 Å². The monoisotopic (exact) mass is 422 g/mol. The maximum Gasteiger partial charge on any atom is 0.339 e. The normalized spacial score (nSPS) is 23.4. The van der Waals surface area contributed by atoms with Crippen LogP contribution in [0.4, 0.5) is 0 Å². The number of imidazole rings is 1. The highest BCUT2D eigenvalue weighted by atomic mass is 17.2. The van der Waals surface area contributed by atoms with Gasteiger partial charge in [0, 0.05) is 19.3 Å². The average molecular weight is 422 g/mol. The lowest BCUT2D eigenvalue weighted by molar-refractivity contribution is -0.308. The minimum Gasteiger partial charge on any atom is -0.462 e. The third-order valence-corrected chi connectivity index (χ3v) is 4.71. The maximum absolute atomic E-state index is 11.9. The van der Waals surface area contributed by atoms with Crippen molar-refractivity contribution in [3.63, 3.8) is 0 Å². The van der Waals surface area contributed by atoms with E-state index in [1.807, 2.05) is 0 Å². The number of H-pyrrole nitrogens is 1. The van der Waals surface area contributed by atoms with Crippen LogP contribution in [0.3, 0.4) is 0 Å². The van der Waals surface area contributed by atoms with Crippen molar-refractivity contribution in [2.45, 2.75) is 52.0 Å². The van der Waals surface area contributed by atoms with Crippen molar-refractivity contribution in [2.24, 2.45) is 5.92 Å². The van der Waals surface area contributed by atoms with E-state index in [1.165, 1.54) is 19.6 Å². The summed E-state index contributed by atoms with van der Waals surface area (Å²) in [6.45, 7) is 4.39. The highest BCUT2D eigenvalue weighted by Crippen LogP contribution is 2.37. The first-order chi connectivity index (χ1) is 14.3. The molecule has 0 radical (unpaired) electrons. The third kappa shape index (κ3) is 4.54. The van der Waals surface area contributed by atoms with Crippen molar-refractivity contribution in [1.29, 1.82) is 0 Å². The number of ketones is 1. The molecule has 1 saturated heterocycles. The van der Waals surface area contributed by atoms with Gasteiger partial charge in [0.1, 0.15) is 37.2 Å². The maximum atomic E-state index is 11.9. The summed E-state index contributed by atoms with van der Waals surface area (Å²) in [7, 11) is 0. The molecule has 30 heavy (non-hydrogen) atoms. The Morgan fingerprint density at radius 1 is 1.30 bits per heavy atom. The molecule has 0 aliphatic carbocycles. The minimum absolute atomic E-state index is 0.138. The van der Waals surface area contributed by atoms with Crippen molar-refractivity contribution in [2.75, 3.05) is 6.61 Å². The van der Waals surface area contributed by atoms with Crippen molar-refractivity contribution < 1.29 is 33.6 Å². The van der Waals surface area contributed by atoms with Gasteiger partial charge in [-0.3, -0.25) is 23.8 Å². The van der Waals surface area contributed by atoms with Crippen molar-refractivity contribution in [1.82, 2.24) is 19.5 Å². The summed E-state index contributed by atoms with van der Waals surface area (Å²) in [4.78, 5) is 66.9. The van der Waals surface area contributed by atoms with Crippen LogP contribution in [0, 0.1) is 5.92 Å². The predicted octanol–water partition coefficient (Wildman–Crippen LogP) is 0.429. The molecule has 162 valence electrons. The molecule has 12 heteroatoms. The Morgan fingerprint density at radius 3 is 2.77 bits per heavy atom. The molecule has 4 atom stereocenters. The topological polar surface area (TPSA) is 152 Å². The first kappa shape index (κ1) is 21.6. The molecule has 1 unspecified atom stereocenters. The van der Waals surface area contributed by atoms with Gasteiger partial charge in [-0.25, -0.2) is 14.8 Å². The summed E-state index contributed by atoms with van der Waals surface area (Å²) < 4.78 is 12.7. The highest BCUT2D eigenvalue weighted by molar-refractivity contribution is 5.95. The number of aromatic nitrogens is 4. The molecule has 1 N–H and O–H groups in total. The molecule has 0 amide bonds. The number of carbonyl (C=O) groups is 3. The van der Waals surface area contributed by atoms with Gasteiger partial charge in [-0.15, -0.1) is 0 Å². The molecule has 2 aromatic heterocycles. The van der Waals surface area contributed by atoms with Gasteiger partial charge in [0.25, 0.3) is 5.56 Å². The van der Waals surface area contributed by atoms with Crippen molar-refractivity contribution >= 4 is 28.9 Å². The summed E-state index contributed by atoms with van der Waals surface area (Å²) in [5.74, 6) is -1.98. The number of hydrogen-bond acceptors (Lipinski definition) is 10. The van der Waals surface area contributed by atoms with E-state index in [0.29, 0.717) is 5.65 Å². The zero-order chi connectivity index (χ0) is 21.8. The number of hydrogen-bond donors (Lipinski definition) is 1. The van der Waals surface area contributed by atoms with Gasteiger partial charge >= 0.3 is 11.9 Å². The highest BCUT2D eigenvalue weighted by Gasteiger charge is 2.46. The molecular weight excluding hydrogens is 400 g/mol. The Morgan fingerprint density at radius 2 is 2.07 bits per heavy atom. The van der Waals surface area contributed by atoms with E-state index in [2.05, 4.69) is 19.8 Å². The van der Waals surface area contributed by atoms with Gasteiger partial charge in [-0.1, -0.05) is 13.8 Å². The number of nitrogens with zero attached hydrogens (tertiary/aromatic N) is 3. The van der Waals surface area contributed by atoms with E-state index >= 15 is 0 Å². The van der Waals surface area contributed by atoms with Gasteiger partial charge in [0.05, 0.1) is 12.7 Å². The summed E-state index contributed by atoms with van der Waals surface area (Å²) in [5, 5.41) is 0. The number of rotatable bonds is 8. The quantitative estimate of drug-likeness (QED) is 0.274. The Labute approximate surface area is 170 Å². The van der Waals surface area contributed by atoms with Gasteiger partial charge in [-0.05, 0) is 0 Å². The molecule has 2 aromatic rings. The van der Waals surface area contributed by atoms with Crippen LogP contribution in [0.15, 0.2) is 17.4 Å². The molecule has 1 aliphatic heterocycles. The smallest absolute Gasteiger partial charge is 0.339 e. The molecule has 12 nitrogen and oxygen atoms in total. The lowest BCUT2D eigenvalue weighted by Crippen LogP contribution is -2.34. The lowest BCUT2D eigenvalue weighted by atomic mass is 10.0. The summed E-state index contributed by atoms with van der Waals surface area (Å²) >= 11 is 0. The Bertz CT molecular complexity index is 999. The fourth-order valence-electron chi connectivity index (χ4n) is 3.17. The zero-order valence-electron chi connectivity index (χ0n) is 16.7. The van der Waals surface area contributed by atoms with E-state index < -0.39 is 41.9 Å². The number of ether oxygens (including phenoxy) is 2. The number of carbonyl (C=O) groups excluding carboxylic acids is 3. The van der Waals surface area contributed by atoms with E-state index in [4.69, 9.17) is 14.4 Å². The van der Waals surface area contributed by atoms with Crippen LogP contribution in [-0.4, -0.2) is 56.1 Å². The standard InChI is InChI=1S/C18H22N4O8/c1-4-11(24)5-13(25)27-6-12-15(30-29-10(3)23)9(2)18(28-12)22-8-21-14-16(22)19-7-20-17(14)26/h7-9,12,15,18H,4-6H2,1-3H3,(H,19,20,26)/t9?,12-,15+,18-/m1/s1. The predicted molar refractivity (Wildman–Crippen MR) is 98.7 cm³/mol. The van der Waals surface area contributed by atoms with Crippen molar-refractivity contribution in [3.8, 4) is 0 Å². The zero-order valence-corrected chi connectivity index (χ0v) is 16.7. The van der Waals surface area contributed by atoms with Crippen LogP contribution in [-0.2, 0) is 33.6 Å². The SMILES string of the molecule is CCC(=O)CC(=O)OC[C@H]1O[C@@H](n2cnc3c(=O)[nH]cnc32)C(C)[C@@H]1OOC(C)=O. The molecular formula is C18H22N4O8. The molecule has 1 fully saturated rings. The Balaban J connectivity index is 1.79. The fourth-order valence-corrected chi connectivity index (χ4v) is 3.17. The summed E-state index contributed by atoms with van der Waals surface area (Å²) in [6, 6.07) is 0. The first-order valence-electron chi connectivity index (χ1n) is 9.38. The fraction of sp³-hybridized carbons (Fsp3) is 0.556. The number of aromatic amines is 1. The molecule has 0 saturated carbocycles. The Kier molecular flexibility index (Phi) is 6.57. The molecule has 3 rings (SSSR count). The molecule has 1 aliphatic rings. The first-order valence-corrected chi connectivity index (χ1v) is 9.38. The van der Waals surface area contributed by atoms with Crippen LogP contribution in [0.2, 0.25) is 0 Å². The second kappa shape index (κ2) is 9.13. The summed E-state index contributed by atoms with van der Waals surface area (Å²) in [6.07, 6.45) is 0.274. The molecule has 0 aromatic carbocycles. The van der Waals surface area contributed by atoms with Gasteiger partial charge in [0.2, 0.25) is 0 Å². The van der Waals surface area contributed by atoms with E-state index in [9.17, 15) is 19.2 Å². The number of Topliss-reactive ketones (excluding diaryl/α,β-unsaturated/α-hetero) is 1. The third-order valence-electron chi connectivity index (χ3n) is 4.71. The number of fused-ring (bicyclic) bond motifs is 1. The Hall–Kier alpha value is -3.12. The van der Waals surface area contributed by atoms with Crippen LogP contribution in [0.5, 0.6) is 0 Å². The van der Waals surface area contributed by atoms with Gasteiger partial charge in [0.15, 0.2) is 11.2 Å².